The summed E-state index contributed by atoms with van der Waals surface area (Å²) in [5, 5.41) is 8.04. The minimum atomic E-state index is -3.78. The third-order valence-corrected chi connectivity index (χ3v) is 6.96. The van der Waals surface area contributed by atoms with Crippen LogP contribution in [0.25, 0.3) is 11.0 Å². The normalized spacial score (nSPS) is 18.0. The molecule has 2 aromatic carbocycles. The molecular weight excluding hydrogens is 362 g/mol. The van der Waals surface area contributed by atoms with E-state index in [-0.39, 0.29) is 4.90 Å². The molecule has 2 heterocycles. The molecule has 1 fully saturated rings. The number of hydrogen-bond donors (Lipinski definition) is 1. The van der Waals surface area contributed by atoms with Crippen LogP contribution < -0.4 is 4.72 Å². The second kappa shape index (κ2) is 6.70. The number of aromatic nitrogens is 3. The van der Waals surface area contributed by atoms with Gasteiger partial charge < -0.3 is 4.90 Å². The van der Waals surface area contributed by atoms with Crippen LogP contribution in [0.1, 0.15) is 18.4 Å². The van der Waals surface area contributed by atoms with Crippen LogP contribution in [0.2, 0.25) is 0 Å². The van der Waals surface area contributed by atoms with E-state index in [1.54, 1.807) is 23.9 Å². The van der Waals surface area contributed by atoms with Gasteiger partial charge in [-0.2, -0.15) is 0 Å². The Morgan fingerprint density at radius 3 is 2.41 bits per heavy atom. The highest BCUT2D eigenvalue weighted by Gasteiger charge is 2.39. The number of benzene rings is 2. The maximum Gasteiger partial charge on any atom is 0.243 e. The van der Waals surface area contributed by atoms with Gasteiger partial charge in [0.2, 0.25) is 10.0 Å². The molecule has 0 saturated carbocycles. The SMILES string of the molecule is CN1CCC(NS(=O)(=O)c2cccc3c2nnn3C)(c2ccccc2)CC1. The lowest BCUT2D eigenvalue weighted by Crippen LogP contribution is -2.52. The minimum absolute atomic E-state index is 0.169. The summed E-state index contributed by atoms with van der Waals surface area (Å²) >= 11 is 0. The first-order chi connectivity index (χ1) is 12.9. The lowest BCUT2D eigenvalue weighted by atomic mass is 9.82. The van der Waals surface area contributed by atoms with Gasteiger partial charge in [0.25, 0.3) is 0 Å². The fourth-order valence-electron chi connectivity index (χ4n) is 3.77. The first kappa shape index (κ1) is 18.1. The topological polar surface area (TPSA) is 80.1 Å². The van der Waals surface area contributed by atoms with Crippen LogP contribution in [0.5, 0.6) is 0 Å². The van der Waals surface area contributed by atoms with Crippen LogP contribution in [0.4, 0.5) is 0 Å². The van der Waals surface area contributed by atoms with E-state index < -0.39 is 15.6 Å². The number of hydrogen-bond acceptors (Lipinski definition) is 5. The summed E-state index contributed by atoms with van der Waals surface area (Å²) in [4.78, 5) is 2.39. The Balaban J connectivity index is 1.78. The molecule has 27 heavy (non-hydrogen) atoms. The van der Waals surface area contributed by atoms with Crippen molar-refractivity contribution < 1.29 is 8.42 Å². The zero-order chi connectivity index (χ0) is 19.1. The van der Waals surface area contributed by atoms with Crippen molar-refractivity contribution >= 4 is 21.1 Å². The standard InChI is InChI=1S/C19H23N5O2S/c1-23-13-11-19(12-14-23,15-7-4-3-5-8-15)21-27(25,26)17-10-6-9-16-18(17)20-22-24(16)2/h3-10,21H,11-14H2,1-2H3. The number of fused-ring (bicyclic) bond motifs is 1. The Morgan fingerprint density at radius 1 is 1.00 bits per heavy atom. The van der Waals surface area contributed by atoms with Gasteiger partial charge in [-0.1, -0.05) is 41.6 Å². The van der Waals surface area contributed by atoms with Crippen molar-refractivity contribution in [1.29, 1.82) is 0 Å². The maximum absolute atomic E-state index is 13.4. The summed E-state index contributed by atoms with van der Waals surface area (Å²) in [5.41, 5.74) is 1.45. The molecule has 0 bridgehead atoms. The zero-order valence-electron chi connectivity index (χ0n) is 15.5. The van der Waals surface area contributed by atoms with Crippen molar-refractivity contribution in [2.45, 2.75) is 23.3 Å². The summed E-state index contributed by atoms with van der Waals surface area (Å²) in [5.74, 6) is 0. The Hall–Kier alpha value is -2.29. The molecule has 3 aromatic rings. The van der Waals surface area contributed by atoms with Crippen LogP contribution in [0.3, 0.4) is 0 Å². The smallest absolute Gasteiger partial charge is 0.243 e. The van der Waals surface area contributed by atoms with Crippen molar-refractivity contribution in [1.82, 2.24) is 24.6 Å². The van der Waals surface area contributed by atoms with E-state index in [2.05, 4.69) is 27.0 Å². The van der Waals surface area contributed by atoms with Gasteiger partial charge in [0, 0.05) is 7.05 Å². The number of sulfonamides is 1. The van der Waals surface area contributed by atoms with E-state index in [4.69, 9.17) is 0 Å². The quantitative estimate of drug-likeness (QED) is 0.742. The molecule has 1 N–H and O–H groups in total. The molecule has 0 amide bonds. The van der Waals surface area contributed by atoms with Gasteiger partial charge in [-0.3, -0.25) is 0 Å². The summed E-state index contributed by atoms with van der Waals surface area (Å²) in [6.07, 6.45) is 1.42. The second-order valence-corrected chi connectivity index (χ2v) is 8.84. The lowest BCUT2D eigenvalue weighted by Gasteiger charge is -2.41. The summed E-state index contributed by atoms with van der Waals surface area (Å²) < 4.78 is 31.4. The van der Waals surface area contributed by atoms with Crippen molar-refractivity contribution in [3.63, 3.8) is 0 Å². The molecule has 1 aliphatic heterocycles. The monoisotopic (exact) mass is 385 g/mol. The molecule has 0 spiro atoms. The van der Waals surface area contributed by atoms with E-state index in [0.29, 0.717) is 23.9 Å². The highest BCUT2D eigenvalue weighted by Crippen LogP contribution is 2.35. The number of likely N-dealkylation sites (tertiary alicyclic amines) is 1. The third-order valence-electron chi connectivity index (χ3n) is 5.39. The van der Waals surface area contributed by atoms with E-state index >= 15 is 0 Å². The maximum atomic E-state index is 13.4. The Kier molecular flexibility index (Phi) is 4.49. The minimum Gasteiger partial charge on any atom is -0.306 e. The van der Waals surface area contributed by atoms with E-state index in [1.807, 2.05) is 36.4 Å². The number of piperidine rings is 1. The molecule has 142 valence electrons. The third kappa shape index (κ3) is 3.24. The van der Waals surface area contributed by atoms with Gasteiger partial charge in [-0.15, -0.1) is 5.10 Å². The summed E-state index contributed by atoms with van der Waals surface area (Å²) in [6.45, 7) is 1.65. The first-order valence-corrected chi connectivity index (χ1v) is 10.5. The van der Waals surface area contributed by atoms with Gasteiger partial charge in [-0.05, 0) is 50.7 Å². The zero-order valence-corrected chi connectivity index (χ0v) is 16.3. The molecule has 1 aromatic heterocycles. The summed E-state index contributed by atoms with van der Waals surface area (Å²) in [6, 6.07) is 15.0. The number of aryl methyl sites for hydroxylation is 1. The van der Waals surface area contributed by atoms with Crippen LogP contribution in [-0.2, 0) is 22.6 Å². The molecule has 0 aliphatic carbocycles. The Labute approximate surface area is 159 Å². The highest BCUT2D eigenvalue weighted by molar-refractivity contribution is 7.89. The van der Waals surface area contributed by atoms with E-state index in [9.17, 15) is 8.42 Å². The van der Waals surface area contributed by atoms with Gasteiger partial charge >= 0.3 is 0 Å². The van der Waals surface area contributed by atoms with Crippen LogP contribution in [0, 0.1) is 0 Å². The number of nitrogens with zero attached hydrogens (tertiary/aromatic N) is 4. The highest BCUT2D eigenvalue weighted by atomic mass is 32.2. The molecular formula is C19H23N5O2S. The van der Waals surface area contributed by atoms with Crippen molar-refractivity contribution in [2.24, 2.45) is 7.05 Å². The first-order valence-electron chi connectivity index (χ1n) is 8.98. The average molecular weight is 385 g/mol. The molecule has 1 saturated heterocycles. The fourth-order valence-corrected chi connectivity index (χ4v) is 5.37. The molecule has 0 atom stereocenters. The van der Waals surface area contributed by atoms with Crippen molar-refractivity contribution in [3.05, 3.63) is 54.1 Å². The number of nitrogens with one attached hydrogen (secondary N) is 1. The van der Waals surface area contributed by atoms with Gasteiger partial charge in [0.15, 0.2) is 0 Å². The Morgan fingerprint density at radius 2 is 1.70 bits per heavy atom. The molecule has 0 unspecified atom stereocenters. The Bertz CT molecular complexity index is 1050. The van der Waals surface area contributed by atoms with E-state index in [1.165, 1.54) is 0 Å². The molecule has 7 nitrogen and oxygen atoms in total. The average Bonchev–Trinajstić information content (AvgIpc) is 3.05. The fraction of sp³-hybridized carbons (Fsp3) is 0.368. The van der Waals surface area contributed by atoms with Crippen LogP contribution in [-0.4, -0.2) is 48.4 Å². The predicted molar refractivity (Wildman–Crippen MR) is 104 cm³/mol. The van der Waals surface area contributed by atoms with Gasteiger partial charge in [-0.25, -0.2) is 17.8 Å². The second-order valence-electron chi connectivity index (χ2n) is 7.19. The largest absolute Gasteiger partial charge is 0.306 e. The summed E-state index contributed by atoms with van der Waals surface area (Å²) in [7, 11) is 0.0292. The van der Waals surface area contributed by atoms with E-state index in [0.717, 1.165) is 18.7 Å². The molecule has 4 rings (SSSR count). The molecule has 8 heteroatoms. The van der Waals surface area contributed by atoms with Gasteiger partial charge in [0.05, 0.1) is 11.1 Å². The predicted octanol–water partition coefficient (Wildman–Crippen LogP) is 1.87. The molecule has 1 aliphatic rings. The lowest BCUT2D eigenvalue weighted by molar-refractivity contribution is 0.177. The van der Waals surface area contributed by atoms with Crippen molar-refractivity contribution in [2.75, 3.05) is 20.1 Å². The van der Waals surface area contributed by atoms with Crippen LogP contribution in [0.15, 0.2) is 53.4 Å². The van der Waals surface area contributed by atoms with Gasteiger partial charge in [0.1, 0.15) is 10.4 Å². The molecule has 0 radical (unpaired) electrons. The van der Waals surface area contributed by atoms with Crippen molar-refractivity contribution in [3.8, 4) is 0 Å². The number of rotatable bonds is 4. The van der Waals surface area contributed by atoms with Crippen LogP contribution >= 0.6 is 0 Å².